The molecular weight excluding hydrogens is 532 g/mol. The van der Waals surface area contributed by atoms with Crippen LogP contribution in [0, 0.1) is 17.6 Å². The number of ether oxygens (including phenoxy) is 1. The molecule has 0 spiro atoms. The quantitative estimate of drug-likeness (QED) is 0.226. The van der Waals surface area contributed by atoms with Gasteiger partial charge in [0.15, 0.2) is 0 Å². The van der Waals surface area contributed by atoms with Gasteiger partial charge in [-0.3, -0.25) is 4.99 Å². The molecule has 0 N–H and O–H groups in total. The van der Waals surface area contributed by atoms with Crippen molar-refractivity contribution in [1.29, 1.82) is 0 Å². The van der Waals surface area contributed by atoms with E-state index in [1.54, 1.807) is 0 Å². The summed E-state index contributed by atoms with van der Waals surface area (Å²) in [5.41, 5.74) is 4.86. The summed E-state index contributed by atoms with van der Waals surface area (Å²) in [6.45, 7) is 26.0. The van der Waals surface area contributed by atoms with Gasteiger partial charge in [0.05, 0.1) is 0 Å². The molecule has 0 bridgehead atoms. The standard InChI is InChI=1S/C33H47F2N3O2.C2H6/c1-10-29(25-13-12-14-25)31(30(36-11-2)15-21(3)26-16-27(34)18-28(35)17-26)24(6)37-19-23(5)38(20-22(37)4)32(39)40-33(7,8)9;1-2/h10,16-18,22-23,25H,3,11-15,19-20H2,1-2,4-9H3;1-2H3/b29-10-,31-24+,36-30?;/t22-,23+;/m0./s1. The minimum absolute atomic E-state index is 0.0446. The van der Waals surface area contributed by atoms with Crippen LogP contribution in [0.1, 0.15) is 100 Å². The average Bonchev–Trinajstić information content (AvgIpc) is 2.87. The Bertz CT molecular complexity index is 1170. The van der Waals surface area contributed by atoms with E-state index in [0.29, 0.717) is 43.1 Å². The van der Waals surface area contributed by atoms with Crippen molar-refractivity contribution >= 4 is 17.4 Å². The molecule has 5 nitrogen and oxygen atoms in total. The Labute approximate surface area is 253 Å². The predicted octanol–water partition coefficient (Wildman–Crippen LogP) is 9.21. The fourth-order valence-electron chi connectivity index (χ4n) is 5.68. The third-order valence-corrected chi connectivity index (χ3v) is 7.84. The number of hydrogen-bond donors (Lipinski definition) is 0. The number of halogens is 2. The summed E-state index contributed by atoms with van der Waals surface area (Å²) in [5, 5.41) is 0. The highest BCUT2D eigenvalue weighted by Gasteiger charge is 2.36. The van der Waals surface area contributed by atoms with Gasteiger partial charge in [-0.1, -0.05) is 32.9 Å². The number of benzene rings is 1. The zero-order chi connectivity index (χ0) is 31.8. The van der Waals surface area contributed by atoms with Gasteiger partial charge in [-0.2, -0.15) is 0 Å². The van der Waals surface area contributed by atoms with Crippen LogP contribution in [0.25, 0.3) is 5.57 Å². The topological polar surface area (TPSA) is 45.1 Å². The van der Waals surface area contributed by atoms with E-state index in [-0.39, 0.29) is 18.2 Å². The van der Waals surface area contributed by atoms with Gasteiger partial charge < -0.3 is 14.5 Å². The number of piperazine rings is 1. The molecule has 2 aliphatic rings. The summed E-state index contributed by atoms with van der Waals surface area (Å²) in [6.07, 6.45) is 5.75. The molecule has 234 valence electrons. The molecular formula is C35H53F2N3O2. The lowest BCUT2D eigenvalue weighted by molar-refractivity contribution is -0.00420. The van der Waals surface area contributed by atoms with Gasteiger partial charge in [0.1, 0.15) is 17.2 Å². The maximum Gasteiger partial charge on any atom is 0.410 e. The molecule has 2 fully saturated rings. The van der Waals surface area contributed by atoms with Crippen LogP contribution in [0.15, 0.2) is 52.7 Å². The molecule has 0 unspecified atom stereocenters. The SMILES string of the molecule is C=C(CC(=NCC)C(/C(=C\C)C1CCC1)=C(\C)N1C[C@@H](C)N(C(=O)OC(C)(C)C)C[C@@H]1C)c1cc(F)cc(F)c1.CC. The molecule has 1 aromatic carbocycles. The van der Waals surface area contributed by atoms with E-state index >= 15 is 0 Å². The first-order valence-corrected chi connectivity index (χ1v) is 15.6. The van der Waals surface area contributed by atoms with Gasteiger partial charge in [-0.25, -0.2) is 13.6 Å². The molecule has 1 aromatic rings. The van der Waals surface area contributed by atoms with Crippen molar-refractivity contribution in [1.82, 2.24) is 9.80 Å². The van der Waals surface area contributed by atoms with Gasteiger partial charge in [0, 0.05) is 61.2 Å². The predicted molar refractivity (Wildman–Crippen MR) is 172 cm³/mol. The first kappa shape index (κ1) is 35.2. The van der Waals surface area contributed by atoms with E-state index in [2.05, 4.69) is 45.2 Å². The van der Waals surface area contributed by atoms with Crippen LogP contribution in [0.5, 0.6) is 0 Å². The molecule has 1 saturated heterocycles. The normalized spacial score (nSPS) is 20.8. The van der Waals surface area contributed by atoms with Crippen LogP contribution in [-0.4, -0.2) is 58.9 Å². The number of hydrogen-bond acceptors (Lipinski definition) is 4. The van der Waals surface area contributed by atoms with E-state index in [4.69, 9.17) is 9.73 Å². The summed E-state index contributed by atoms with van der Waals surface area (Å²) in [6, 6.07) is 3.54. The van der Waals surface area contributed by atoms with Gasteiger partial charge in [0.25, 0.3) is 0 Å². The third kappa shape index (κ3) is 9.02. The van der Waals surface area contributed by atoms with E-state index in [1.165, 1.54) is 24.1 Å². The number of rotatable bonds is 8. The van der Waals surface area contributed by atoms with Crippen LogP contribution >= 0.6 is 0 Å². The Balaban J connectivity index is 0.00000301. The molecule has 7 heteroatoms. The van der Waals surface area contributed by atoms with Crippen molar-refractivity contribution in [2.24, 2.45) is 10.9 Å². The van der Waals surface area contributed by atoms with Gasteiger partial charge in [0.2, 0.25) is 0 Å². The van der Waals surface area contributed by atoms with E-state index in [1.807, 2.05) is 46.4 Å². The molecule has 3 rings (SSSR count). The molecule has 1 saturated carbocycles. The fourth-order valence-corrected chi connectivity index (χ4v) is 5.68. The highest BCUT2D eigenvalue weighted by Crippen LogP contribution is 2.40. The number of carbonyl (C=O) groups is 1. The summed E-state index contributed by atoms with van der Waals surface area (Å²) < 4.78 is 33.7. The van der Waals surface area contributed by atoms with Crippen molar-refractivity contribution in [2.75, 3.05) is 19.6 Å². The minimum Gasteiger partial charge on any atom is -0.444 e. The monoisotopic (exact) mass is 585 g/mol. The van der Waals surface area contributed by atoms with Crippen LogP contribution in [0.2, 0.25) is 0 Å². The first-order chi connectivity index (χ1) is 19.7. The van der Waals surface area contributed by atoms with Crippen LogP contribution in [-0.2, 0) is 4.74 Å². The summed E-state index contributed by atoms with van der Waals surface area (Å²) in [5.74, 6) is -0.787. The van der Waals surface area contributed by atoms with Crippen molar-refractivity contribution in [2.45, 2.75) is 113 Å². The van der Waals surface area contributed by atoms with Crippen molar-refractivity contribution in [3.05, 3.63) is 64.9 Å². The third-order valence-electron chi connectivity index (χ3n) is 7.84. The molecule has 1 heterocycles. The largest absolute Gasteiger partial charge is 0.444 e. The fraction of sp³-hybridized carbons (Fsp3) is 0.600. The van der Waals surface area contributed by atoms with Crippen molar-refractivity contribution in [3.8, 4) is 0 Å². The molecule has 0 aromatic heterocycles. The first-order valence-electron chi connectivity index (χ1n) is 15.6. The smallest absolute Gasteiger partial charge is 0.410 e. The summed E-state index contributed by atoms with van der Waals surface area (Å²) >= 11 is 0. The molecule has 0 radical (unpaired) electrons. The zero-order valence-corrected chi connectivity index (χ0v) is 27.6. The Morgan fingerprint density at radius 1 is 1.07 bits per heavy atom. The molecule has 1 amide bonds. The second-order valence-electron chi connectivity index (χ2n) is 12.2. The Morgan fingerprint density at radius 3 is 2.10 bits per heavy atom. The lowest BCUT2D eigenvalue weighted by atomic mass is 9.74. The second kappa shape index (κ2) is 15.5. The molecule has 2 atom stereocenters. The molecule has 42 heavy (non-hydrogen) atoms. The van der Waals surface area contributed by atoms with Crippen LogP contribution < -0.4 is 0 Å². The zero-order valence-electron chi connectivity index (χ0n) is 27.6. The Hall–Kier alpha value is -2.96. The van der Waals surface area contributed by atoms with E-state index in [0.717, 1.165) is 35.9 Å². The molecule has 1 aliphatic heterocycles. The maximum absolute atomic E-state index is 14.0. The summed E-state index contributed by atoms with van der Waals surface area (Å²) in [7, 11) is 0. The van der Waals surface area contributed by atoms with Gasteiger partial charge in [-0.15, -0.1) is 0 Å². The highest BCUT2D eigenvalue weighted by molar-refractivity contribution is 6.09. The van der Waals surface area contributed by atoms with E-state index < -0.39 is 17.2 Å². The number of allylic oxidation sites excluding steroid dienone is 5. The molecule has 1 aliphatic carbocycles. The lowest BCUT2D eigenvalue weighted by Crippen LogP contribution is -2.58. The number of amides is 1. The maximum atomic E-state index is 14.0. The highest BCUT2D eigenvalue weighted by atomic mass is 19.1. The number of aliphatic imine (C=N–C) groups is 1. The average molecular weight is 586 g/mol. The van der Waals surface area contributed by atoms with Gasteiger partial charge >= 0.3 is 6.09 Å². The van der Waals surface area contributed by atoms with Crippen LogP contribution in [0.4, 0.5) is 13.6 Å². The Morgan fingerprint density at radius 2 is 1.62 bits per heavy atom. The van der Waals surface area contributed by atoms with Crippen molar-refractivity contribution < 1.29 is 18.3 Å². The Kier molecular flexibility index (Phi) is 13.0. The van der Waals surface area contributed by atoms with Gasteiger partial charge in [-0.05, 0) is 103 Å². The number of carbonyl (C=O) groups excluding carboxylic acids is 1. The minimum atomic E-state index is -0.619. The van der Waals surface area contributed by atoms with Crippen LogP contribution in [0.3, 0.4) is 0 Å². The van der Waals surface area contributed by atoms with E-state index in [9.17, 15) is 13.6 Å². The lowest BCUT2D eigenvalue weighted by Gasteiger charge is -2.46. The number of nitrogens with zero attached hydrogens (tertiary/aromatic N) is 3. The van der Waals surface area contributed by atoms with Crippen molar-refractivity contribution in [3.63, 3.8) is 0 Å². The second-order valence-corrected chi connectivity index (χ2v) is 12.2. The summed E-state index contributed by atoms with van der Waals surface area (Å²) in [4.78, 5) is 22.1.